The van der Waals surface area contributed by atoms with Crippen molar-refractivity contribution in [1.82, 2.24) is 16.0 Å². The molecule has 0 saturated heterocycles. The van der Waals surface area contributed by atoms with E-state index in [1.165, 1.54) is 12.1 Å². The zero-order valence-electron chi connectivity index (χ0n) is 11.6. The average Bonchev–Trinajstić information content (AvgIpc) is 3.22. The number of hydrogen-bond acceptors (Lipinski definition) is 3. The van der Waals surface area contributed by atoms with Gasteiger partial charge >= 0.3 is 6.03 Å². The molecule has 3 N–H and O–H groups in total. The van der Waals surface area contributed by atoms with Crippen molar-refractivity contribution in [2.24, 2.45) is 0 Å². The predicted octanol–water partition coefficient (Wildman–Crippen LogP) is 2.12. The number of nitrogens with one attached hydrogen (secondary N) is 3. The van der Waals surface area contributed by atoms with Crippen molar-refractivity contribution in [3.63, 3.8) is 0 Å². The molecular weight excluding hydrogens is 297 g/mol. The molecule has 7 heteroatoms. The molecule has 1 aliphatic rings. The van der Waals surface area contributed by atoms with E-state index < -0.39 is 17.8 Å². The lowest BCUT2D eigenvalue weighted by Gasteiger charge is -2.14. The van der Waals surface area contributed by atoms with Crippen LogP contribution in [-0.2, 0) is 4.79 Å². The summed E-state index contributed by atoms with van der Waals surface area (Å²) < 4.78 is 13.1. The number of benzene rings is 1. The number of carbonyl (C=O) groups excluding carboxylic acids is 2. The maximum Gasteiger partial charge on any atom is 0.321 e. The average molecular weight is 314 g/mol. The van der Waals surface area contributed by atoms with Gasteiger partial charge in [0.15, 0.2) is 0 Å². The van der Waals surface area contributed by atoms with E-state index in [1.807, 2.05) is 6.92 Å². The van der Waals surface area contributed by atoms with Crippen LogP contribution in [0.3, 0.4) is 0 Å². The maximum absolute atomic E-state index is 13.1. The number of hydrogen-bond donors (Lipinski definition) is 3. The van der Waals surface area contributed by atoms with E-state index in [-0.39, 0.29) is 23.7 Å². The van der Waals surface area contributed by atoms with Crippen molar-refractivity contribution in [2.75, 3.05) is 6.54 Å². The molecule has 5 nitrogen and oxygen atoms in total. The van der Waals surface area contributed by atoms with Gasteiger partial charge in [0.1, 0.15) is 5.82 Å². The zero-order chi connectivity index (χ0) is 15.4. The van der Waals surface area contributed by atoms with Gasteiger partial charge in [-0.25, -0.2) is 9.18 Å². The van der Waals surface area contributed by atoms with Crippen molar-refractivity contribution in [3.05, 3.63) is 34.6 Å². The molecule has 1 aromatic rings. The van der Waals surface area contributed by atoms with Gasteiger partial charge in [-0.05, 0) is 37.5 Å². The Morgan fingerprint density at radius 2 is 2.14 bits per heavy atom. The van der Waals surface area contributed by atoms with Gasteiger partial charge in [0.05, 0.1) is 11.6 Å². The highest BCUT2D eigenvalue weighted by molar-refractivity contribution is 6.30. The zero-order valence-corrected chi connectivity index (χ0v) is 12.3. The number of halogens is 2. The Morgan fingerprint density at radius 3 is 2.76 bits per heavy atom. The van der Waals surface area contributed by atoms with Crippen LogP contribution in [0.1, 0.15) is 31.4 Å². The van der Waals surface area contributed by atoms with Gasteiger partial charge in [-0.2, -0.15) is 0 Å². The molecule has 0 aromatic heterocycles. The molecule has 1 aromatic carbocycles. The third kappa shape index (κ3) is 4.99. The first-order chi connectivity index (χ1) is 9.95. The summed E-state index contributed by atoms with van der Waals surface area (Å²) in [6, 6.07) is 3.91. The Labute approximate surface area is 127 Å². The van der Waals surface area contributed by atoms with E-state index in [4.69, 9.17) is 11.6 Å². The van der Waals surface area contributed by atoms with Gasteiger partial charge in [0.25, 0.3) is 0 Å². The van der Waals surface area contributed by atoms with Gasteiger partial charge in [0, 0.05) is 12.1 Å². The third-order valence-corrected chi connectivity index (χ3v) is 3.47. The van der Waals surface area contributed by atoms with E-state index >= 15 is 0 Å². The van der Waals surface area contributed by atoms with Gasteiger partial charge in [0.2, 0.25) is 5.91 Å². The first-order valence-electron chi connectivity index (χ1n) is 6.74. The summed E-state index contributed by atoms with van der Waals surface area (Å²) in [6.45, 7) is 1.80. The normalized spacial score (nSPS) is 15.4. The molecule has 2 rings (SSSR count). The fourth-order valence-electron chi connectivity index (χ4n) is 1.77. The SMILES string of the molecule is C[C@H](NCC(=O)NC(=O)NC1CC1)c1ccc(F)c(Cl)c1. The maximum atomic E-state index is 13.1. The molecule has 3 amide bonds. The lowest BCUT2D eigenvalue weighted by atomic mass is 10.1. The minimum atomic E-state index is -0.484. The van der Waals surface area contributed by atoms with Gasteiger partial charge < -0.3 is 10.6 Å². The van der Waals surface area contributed by atoms with Crippen molar-refractivity contribution in [3.8, 4) is 0 Å². The molecule has 1 saturated carbocycles. The summed E-state index contributed by atoms with van der Waals surface area (Å²) in [5.74, 6) is -0.907. The summed E-state index contributed by atoms with van der Waals surface area (Å²) in [5.41, 5.74) is 0.761. The number of carbonyl (C=O) groups is 2. The number of urea groups is 1. The van der Waals surface area contributed by atoms with Gasteiger partial charge in [-0.3, -0.25) is 10.1 Å². The molecule has 0 aliphatic heterocycles. The fraction of sp³-hybridized carbons (Fsp3) is 0.429. The Morgan fingerprint density at radius 1 is 1.43 bits per heavy atom. The van der Waals surface area contributed by atoms with Crippen LogP contribution in [0.4, 0.5) is 9.18 Å². The van der Waals surface area contributed by atoms with Crippen molar-refractivity contribution >= 4 is 23.5 Å². The van der Waals surface area contributed by atoms with Crippen LogP contribution < -0.4 is 16.0 Å². The molecule has 21 heavy (non-hydrogen) atoms. The van der Waals surface area contributed by atoms with Crippen molar-refractivity contribution in [2.45, 2.75) is 31.8 Å². The van der Waals surface area contributed by atoms with Crippen molar-refractivity contribution < 1.29 is 14.0 Å². The molecular formula is C14H17ClFN3O2. The summed E-state index contributed by atoms with van der Waals surface area (Å²) in [5, 5.41) is 7.88. The summed E-state index contributed by atoms with van der Waals surface area (Å²) in [7, 11) is 0. The molecule has 1 fully saturated rings. The fourth-order valence-corrected chi connectivity index (χ4v) is 1.95. The van der Waals surface area contributed by atoms with E-state index in [2.05, 4.69) is 16.0 Å². The second kappa shape index (κ2) is 6.87. The Bertz CT molecular complexity index is 549. The van der Waals surface area contributed by atoms with Crippen LogP contribution >= 0.6 is 11.6 Å². The van der Waals surface area contributed by atoms with Crippen LogP contribution in [0.25, 0.3) is 0 Å². The van der Waals surface area contributed by atoms with Crippen molar-refractivity contribution in [1.29, 1.82) is 0 Å². The van der Waals surface area contributed by atoms with Crippen LogP contribution in [0.2, 0.25) is 5.02 Å². The topological polar surface area (TPSA) is 70.2 Å². The van der Waals surface area contributed by atoms with E-state index in [0.29, 0.717) is 0 Å². The summed E-state index contributed by atoms with van der Waals surface area (Å²) in [4.78, 5) is 23.0. The first-order valence-corrected chi connectivity index (χ1v) is 7.12. The molecule has 1 atom stereocenters. The third-order valence-electron chi connectivity index (χ3n) is 3.18. The highest BCUT2D eigenvalue weighted by atomic mass is 35.5. The lowest BCUT2D eigenvalue weighted by Crippen LogP contribution is -2.44. The standard InChI is InChI=1S/C14H17ClFN3O2/c1-8(9-2-5-12(16)11(15)6-9)17-7-13(20)19-14(21)18-10-3-4-10/h2,5-6,8,10,17H,3-4,7H2,1H3,(H2,18,19,20,21)/t8-/m0/s1. The van der Waals surface area contributed by atoms with E-state index in [1.54, 1.807) is 6.07 Å². The summed E-state index contributed by atoms with van der Waals surface area (Å²) >= 11 is 5.71. The highest BCUT2D eigenvalue weighted by Crippen LogP contribution is 2.20. The van der Waals surface area contributed by atoms with Gasteiger partial charge in [-0.1, -0.05) is 17.7 Å². The smallest absolute Gasteiger partial charge is 0.321 e. The minimum absolute atomic E-state index is 0.0196. The van der Waals surface area contributed by atoms with Crippen LogP contribution in [0.15, 0.2) is 18.2 Å². The minimum Gasteiger partial charge on any atom is -0.335 e. The molecule has 0 spiro atoms. The monoisotopic (exact) mass is 313 g/mol. The number of amides is 3. The van der Waals surface area contributed by atoms with E-state index in [0.717, 1.165) is 18.4 Å². The predicted molar refractivity (Wildman–Crippen MR) is 77.5 cm³/mol. The van der Waals surface area contributed by atoms with Gasteiger partial charge in [-0.15, -0.1) is 0 Å². The van der Waals surface area contributed by atoms with E-state index in [9.17, 15) is 14.0 Å². The lowest BCUT2D eigenvalue weighted by molar-refractivity contribution is -0.119. The van der Waals surface area contributed by atoms with Crippen LogP contribution in [-0.4, -0.2) is 24.5 Å². The Hall–Kier alpha value is -1.66. The quantitative estimate of drug-likeness (QED) is 0.780. The number of imide groups is 1. The molecule has 0 heterocycles. The Balaban J connectivity index is 1.76. The Kier molecular flexibility index (Phi) is 5.14. The van der Waals surface area contributed by atoms with Crippen LogP contribution in [0, 0.1) is 5.82 Å². The second-order valence-corrected chi connectivity index (χ2v) is 5.48. The van der Waals surface area contributed by atoms with Crippen LogP contribution in [0.5, 0.6) is 0 Å². The second-order valence-electron chi connectivity index (χ2n) is 5.07. The first kappa shape index (κ1) is 15.7. The highest BCUT2D eigenvalue weighted by Gasteiger charge is 2.23. The number of rotatable bonds is 5. The molecule has 1 aliphatic carbocycles. The molecule has 0 radical (unpaired) electrons. The molecule has 114 valence electrons. The summed E-state index contributed by atoms with van der Waals surface area (Å²) in [6.07, 6.45) is 1.92. The largest absolute Gasteiger partial charge is 0.335 e. The molecule has 0 bridgehead atoms. The molecule has 0 unspecified atom stereocenters.